The van der Waals surface area contributed by atoms with Crippen molar-refractivity contribution in [3.05, 3.63) is 0 Å². The van der Waals surface area contributed by atoms with E-state index in [4.69, 9.17) is 11.6 Å². The molecule has 0 saturated carbocycles. The molecule has 0 radical (unpaired) electrons. The maximum absolute atomic E-state index is 11.7. The second kappa shape index (κ2) is 7.43. The number of piperidine rings is 2. The number of rotatable bonds is 5. The van der Waals surface area contributed by atoms with Gasteiger partial charge >= 0.3 is 0 Å². The van der Waals surface area contributed by atoms with Gasteiger partial charge in [-0.2, -0.15) is 0 Å². The summed E-state index contributed by atoms with van der Waals surface area (Å²) in [4.78, 5) is 2.52. The summed E-state index contributed by atoms with van der Waals surface area (Å²) in [5, 5.41) is 0. The molecule has 2 atom stereocenters. The minimum Gasteiger partial charge on any atom is -0.303 e. The molecule has 2 aliphatic rings. The van der Waals surface area contributed by atoms with E-state index in [1.807, 2.05) is 0 Å². The second-order valence-corrected chi connectivity index (χ2v) is 8.74. The zero-order chi connectivity index (χ0) is 14.6. The number of alkyl halides is 1. The molecule has 0 aromatic rings. The van der Waals surface area contributed by atoms with E-state index in [2.05, 4.69) is 4.90 Å². The van der Waals surface area contributed by atoms with Crippen LogP contribution in [-0.4, -0.2) is 62.5 Å². The number of hydrogen-bond acceptors (Lipinski definition) is 3. The van der Waals surface area contributed by atoms with Gasteiger partial charge in [-0.05, 0) is 50.5 Å². The van der Waals surface area contributed by atoms with Crippen LogP contribution in [0, 0.1) is 11.8 Å². The van der Waals surface area contributed by atoms with Gasteiger partial charge in [0, 0.05) is 32.1 Å². The lowest BCUT2D eigenvalue weighted by Gasteiger charge is -2.38. The van der Waals surface area contributed by atoms with Crippen LogP contribution in [0.15, 0.2) is 0 Å². The summed E-state index contributed by atoms with van der Waals surface area (Å²) in [6, 6.07) is 0. The van der Waals surface area contributed by atoms with Crippen molar-refractivity contribution in [1.29, 1.82) is 0 Å². The highest BCUT2D eigenvalue weighted by Crippen LogP contribution is 2.24. The van der Waals surface area contributed by atoms with E-state index in [0.717, 1.165) is 50.7 Å². The van der Waals surface area contributed by atoms with Crippen LogP contribution in [-0.2, 0) is 10.0 Å². The topological polar surface area (TPSA) is 40.6 Å². The summed E-state index contributed by atoms with van der Waals surface area (Å²) >= 11 is 5.85. The Bertz CT molecular complexity index is 400. The predicted octanol–water partition coefficient (Wildman–Crippen LogP) is 2.00. The summed E-state index contributed by atoms with van der Waals surface area (Å²) in [5.74, 6) is 1.98. The van der Waals surface area contributed by atoms with Gasteiger partial charge in [0.2, 0.25) is 10.0 Å². The molecule has 2 heterocycles. The van der Waals surface area contributed by atoms with Crippen LogP contribution < -0.4 is 0 Å². The first-order valence-electron chi connectivity index (χ1n) is 7.72. The SMILES string of the molecule is CS(=O)(=O)N1CCCC(CN2CCCC(CCCl)C2)C1. The molecule has 118 valence electrons. The maximum Gasteiger partial charge on any atom is 0.211 e. The standard InChI is InChI=1S/C14H27ClN2O2S/c1-20(18,19)17-9-3-5-14(12-17)11-16-8-2-4-13(10-16)6-7-15/h13-14H,2-12H2,1H3. The molecule has 6 heteroatoms. The van der Waals surface area contributed by atoms with Crippen molar-refractivity contribution in [3.63, 3.8) is 0 Å². The third-order valence-corrected chi connectivity index (χ3v) is 6.08. The van der Waals surface area contributed by atoms with Gasteiger partial charge < -0.3 is 4.90 Å². The summed E-state index contributed by atoms with van der Waals surface area (Å²) in [6.45, 7) is 4.75. The summed E-state index contributed by atoms with van der Waals surface area (Å²) in [6.07, 6.45) is 7.14. The number of sulfonamides is 1. The van der Waals surface area contributed by atoms with Gasteiger partial charge in [0.25, 0.3) is 0 Å². The van der Waals surface area contributed by atoms with E-state index in [1.165, 1.54) is 19.1 Å². The second-order valence-electron chi connectivity index (χ2n) is 6.37. The molecule has 2 aliphatic heterocycles. The number of likely N-dealkylation sites (tertiary alicyclic amines) is 1. The van der Waals surface area contributed by atoms with Crippen LogP contribution >= 0.6 is 11.6 Å². The van der Waals surface area contributed by atoms with Crippen molar-refractivity contribution in [2.24, 2.45) is 11.8 Å². The Kier molecular flexibility index (Phi) is 6.14. The lowest BCUT2D eigenvalue weighted by atomic mass is 9.93. The van der Waals surface area contributed by atoms with Crippen LogP contribution in [0.1, 0.15) is 32.1 Å². The van der Waals surface area contributed by atoms with Crippen molar-refractivity contribution in [3.8, 4) is 0 Å². The average molecular weight is 323 g/mol. The highest BCUT2D eigenvalue weighted by atomic mass is 35.5. The fourth-order valence-electron chi connectivity index (χ4n) is 3.55. The Labute approximate surface area is 128 Å². The van der Waals surface area contributed by atoms with Crippen LogP contribution in [0.4, 0.5) is 0 Å². The predicted molar refractivity (Wildman–Crippen MR) is 83.6 cm³/mol. The van der Waals surface area contributed by atoms with E-state index < -0.39 is 10.0 Å². The van der Waals surface area contributed by atoms with E-state index in [0.29, 0.717) is 19.0 Å². The quantitative estimate of drug-likeness (QED) is 0.727. The highest BCUT2D eigenvalue weighted by Gasteiger charge is 2.28. The molecular weight excluding hydrogens is 296 g/mol. The zero-order valence-corrected chi connectivity index (χ0v) is 14.0. The van der Waals surface area contributed by atoms with Crippen molar-refractivity contribution < 1.29 is 8.42 Å². The Hall–Kier alpha value is 0.160. The minimum absolute atomic E-state index is 0.494. The molecule has 0 bridgehead atoms. The number of halogens is 1. The molecule has 0 N–H and O–H groups in total. The molecule has 0 aromatic carbocycles. The Morgan fingerprint density at radius 2 is 1.80 bits per heavy atom. The first kappa shape index (κ1) is 16.5. The molecule has 0 aliphatic carbocycles. The number of hydrogen-bond donors (Lipinski definition) is 0. The summed E-state index contributed by atoms with van der Waals surface area (Å²) in [7, 11) is -3.02. The third-order valence-electron chi connectivity index (χ3n) is 4.59. The van der Waals surface area contributed by atoms with E-state index in [-0.39, 0.29) is 0 Å². The van der Waals surface area contributed by atoms with Gasteiger partial charge in [0.15, 0.2) is 0 Å². The molecule has 20 heavy (non-hydrogen) atoms. The first-order chi connectivity index (χ1) is 9.49. The lowest BCUT2D eigenvalue weighted by Crippen LogP contribution is -2.45. The number of nitrogens with zero attached hydrogens (tertiary/aromatic N) is 2. The van der Waals surface area contributed by atoms with E-state index in [1.54, 1.807) is 4.31 Å². The van der Waals surface area contributed by atoms with Gasteiger partial charge in [-0.15, -0.1) is 11.6 Å². The highest BCUT2D eigenvalue weighted by molar-refractivity contribution is 7.88. The minimum atomic E-state index is -3.02. The van der Waals surface area contributed by atoms with Crippen LogP contribution in [0.3, 0.4) is 0 Å². The summed E-state index contributed by atoms with van der Waals surface area (Å²) < 4.78 is 25.0. The monoisotopic (exact) mass is 322 g/mol. The van der Waals surface area contributed by atoms with Crippen LogP contribution in [0.5, 0.6) is 0 Å². The molecular formula is C14H27ClN2O2S. The maximum atomic E-state index is 11.7. The van der Waals surface area contributed by atoms with E-state index in [9.17, 15) is 8.42 Å². The van der Waals surface area contributed by atoms with Crippen molar-refractivity contribution in [2.45, 2.75) is 32.1 Å². The molecule has 2 rings (SSSR count). The van der Waals surface area contributed by atoms with Crippen LogP contribution in [0.2, 0.25) is 0 Å². The Balaban J connectivity index is 1.83. The molecule has 4 nitrogen and oxygen atoms in total. The third kappa shape index (κ3) is 4.86. The van der Waals surface area contributed by atoms with Gasteiger partial charge in [-0.1, -0.05) is 0 Å². The first-order valence-corrected chi connectivity index (χ1v) is 10.1. The zero-order valence-electron chi connectivity index (χ0n) is 12.4. The van der Waals surface area contributed by atoms with Crippen LogP contribution in [0.25, 0.3) is 0 Å². The fourth-order valence-corrected chi connectivity index (χ4v) is 4.80. The Morgan fingerprint density at radius 3 is 2.50 bits per heavy atom. The molecule has 0 aromatic heterocycles. The van der Waals surface area contributed by atoms with Crippen molar-refractivity contribution >= 4 is 21.6 Å². The molecule has 0 amide bonds. The van der Waals surface area contributed by atoms with Gasteiger partial charge in [-0.3, -0.25) is 0 Å². The smallest absolute Gasteiger partial charge is 0.211 e. The van der Waals surface area contributed by atoms with Crippen molar-refractivity contribution in [2.75, 3.05) is 44.9 Å². The lowest BCUT2D eigenvalue weighted by molar-refractivity contribution is 0.127. The summed E-state index contributed by atoms with van der Waals surface area (Å²) in [5.41, 5.74) is 0. The van der Waals surface area contributed by atoms with Gasteiger partial charge in [0.1, 0.15) is 0 Å². The average Bonchev–Trinajstić information content (AvgIpc) is 2.39. The molecule has 0 spiro atoms. The van der Waals surface area contributed by atoms with E-state index >= 15 is 0 Å². The largest absolute Gasteiger partial charge is 0.303 e. The normalized spacial score (nSPS) is 30.5. The molecule has 2 saturated heterocycles. The molecule has 2 fully saturated rings. The van der Waals surface area contributed by atoms with Crippen molar-refractivity contribution in [1.82, 2.24) is 9.21 Å². The molecule has 2 unspecified atom stereocenters. The van der Waals surface area contributed by atoms with Gasteiger partial charge in [-0.25, -0.2) is 12.7 Å². The fraction of sp³-hybridized carbons (Fsp3) is 1.00. The Morgan fingerprint density at radius 1 is 1.10 bits per heavy atom. The van der Waals surface area contributed by atoms with Gasteiger partial charge in [0.05, 0.1) is 6.26 Å².